The van der Waals surface area contributed by atoms with Crippen molar-refractivity contribution in [1.82, 2.24) is 0 Å². The number of aryl methyl sites for hydroxylation is 1. The van der Waals surface area contributed by atoms with Crippen molar-refractivity contribution in [2.75, 3.05) is 5.32 Å². The molecule has 1 aromatic carbocycles. The molecule has 0 aromatic heterocycles. The molecular formula is C12H15N3O. The van der Waals surface area contributed by atoms with Crippen LogP contribution in [0.4, 0.5) is 5.69 Å². The summed E-state index contributed by atoms with van der Waals surface area (Å²) in [6.07, 6.45) is 0.586. The number of carbonyl (C=O) groups is 1. The average Bonchev–Trinajstić information content (AvgIpc) is 2.30. The summed E-state index contributed by atoms with van der Waals surface area (Å²) >= 11 is 0. The predicted octanol–water partition coefficient (Wildman–Crippen LogP) is 1.54. The molecule has 3 N–H and O–H groups in total. The van der Waals surface area contributed by atoms with Crippen molar-refractivity contribution in [3.63, 3.8) is 0 Å². The summed E-state index contributed by atoms with van der Waals surface area (Å²) in [5.74, 6) is -0.222. The Balaban J connectivity index is 2.89. The first-order valence-corrected chi connectivity index (χ1v) is 5.15. The van der Waals surface area contributed by atoms with E-state index in [9.17, 15) is 4.79 Å². The molecule has 16 heavy (non-hydrogen) atoms. The van der Waals surface area contributed by atoms with Crippen LogP contribution >= 0.6 is 0 Å². The highest BCUT2D eigenvalue weighted by molar-refractivity contribution is 5.95. The van der Waals surface area contributed by atoms with E-state index in [-0.39, 0.29) is 5.91 Å². The lowest BCUT2D eigenvalue weighted by molar-refractivity contribution is -0.117. The summed E-state index contributed by atoms with van der Waals surface area (Å²) in [4.78, 5) is 11.6. The van der Waals surface area contributed by atoms with Crippen molar-refractivity contribution in [3.8, 4) is 6.07 Å². The Kier molecular flexibility index (Phi) is 4.03. The lowest BCUT2D eigenvalue weighted by Crippen LogP contribution is -2.35. The quantitative estimate of drug-likeness (QED) is 0.806. The molecule has 0 fully saturated rings. The van der Waals surface area contributed by atoms with Crippen LogP contribution in [0, 0.1) is 18.3 Å². The van der Waals surface area contributed by atoms with Crippen LogP contribution in [0.5, 0.6) is 0 Å². The van der Waals surface area contributed by atoms with E-state index in [0.717, 1.165) is 5.56 Å². The summed E-state index contributed by atoms with van der Waals surface area (Å²) in [7, 11) is 0. The SMILES string of the molecule is CC[C@H](N)C(=O)Nc1cc(C#N)ccc1C. The molecule has 84 valence electrons. The largest absolute Gasteiger partial charge is 0.324 e. The first-order chi connectivity index (χ1) is 7.58. The van der Waals surface area contributed by atoms with E-state index < -0.39 is 6.04 Å². The molecule has 0 spiro atoms. The van der Waals surface area contributed by atoms with Crippen molar-refractivity contribution >= 4 is 11.6 Å². The average molecular weight is 217 g/mol. The van der Waals surface area contributed by atoms with Gasteiger partial charge in [-0.1, -0.05) is 13.0 Å². The third-order valence-electron chi connectivity index (χ3n) is 2.40. The summed E-state index contributed by atoms with van der Waals surface area (Å²) < 4.78 is 0. The van der Waals surface area contributed by atoms with Crippen molar-refractivity contribution in [3.05, 3.63) is 29.3 Å². The van der Waals surface area contributed by atoms with Crippen molar-refractivity contribution in [2.45, 2.75) is 26.3 Å². The highest BCUT2D eigenvalue weighted by Gasteiger charge is 2.12. The molecule has 0 aliphatic heterocycles. The maximum absolute atomic E-state index is 11.6. The number of rotatable bonds is 3. The van der Waals surface area contributed by atoms with Gasteiger partial charge in [-0.3, -0.25) is 4.79 Å². The molecule has 0 aliphatic carbocycles. The van der Waals surface area contributed by atoms with Crippen molar-refractivity contribution in [2.24, 2.45) is 5.73 Å². The smallest absolute Gasteiger partial charge is 0.241 e. The van der Waals surface area contributed by atoms with E-state index in [1.165, 1.54) is 0 Å². The predicted molar refractivity (Wildman–Crippen MR) is 62.8 cm³/mol. The monoisotopic (exact) mass is 217 g/mol. The fourth-order valence-electron chi connectivity index (χ4n) is 1.24. The van der Waals surface area contributed by atoms with E-state index in [1.54, 1.807) is 18.2 Å². The van der Waals surface area contributed by atoms with Crippen LogP contribution in [-0.2, 0) is 4.79 Å². The van der Waals surface area contributed by atoms with E-state index >= 15 is 0 Å². The minimum atomic E-state index is -0.509. The summed E-state index contributed by atoms with van der Waals surface area (Å²) in [5, 5.41) is 11.5. The number of hydrogen-bond acceptors (Lipinski definition) is 3. The standard InChI is InChI=1S/C12H15N3O/c1-3-10(14)12(16)15-11-6-9(7-13)5-4-8(11)2/h4-6,10H,3,14H2,1-2H3,(H,15,16)/t10-/m0/s1. The number of anilines is 1. The number of nitriles is 1. The third-order valence-corrected chi connectivity index (χ3v) is 2.40. The van der Waals surface area contributed by atoms with Gasteiger partial charge < -0.3 is 11.1 Å². The van der Waals surface area contributed by atoms with Crippen LogP contribution < -0.4 is 11.1 Å². The second-order valence-electron chi connectivity index (χ2n) is 3.65. The molecule has 1 atom stereocenters. The molecular weight excluding hydrogens is 202 g/mol. The molecule has 4 heteroatoms. The zero-order valence-electron chi connectivity index (χ0n) is 9.45. The van der Waals surface area contributed by atoms with Gasteiger partial charge in [-0.15, -0.1) is 0 Å². The first kappa shape index (κ1) is 12.2. The summed E-state index contributed by atoms with van der Waals surface area (Å²) in [6.45, 7) is 3.72. The van der Waals surface area contributed by atoms with Gasteiger partial charge in [0.25, 0.3) is 0 Å². The zero-order valence-corrected chi connectivity index (χ0v) is 9.45. The normalized spacial score (nSPS) is 11.6. The van der Waals surface area contributed by atoms with Crippen LogP contribution in [0.1, 0.15) is 24.5 Å². The van der Waals surface area contributed by atoms with Crippen molar-refractivity contribution < 1.29 is 4.79 Å². The number of nitrogens with one attached hydrogen (secondary N) is 1. The highest BCUT2D eigenvalue weighted by atomic mass is 16.2. The van der Waals surface area contributed by atoms with E-state index in [4.69, 9.17) is 11.0 Å². The minimum Gasteiger partial charge on any atom is -0.324 e. The Morgan fingerprint density at radius 3 is 2.88 bits per heavy atom. The van der Waals surface area contributed by atoms with Crippen LogP contribution in [-0.4, -0.2) is 11.9 Å². The van der Waals surface area contributed by atoms with Gasteiger partial charge in [0.05, 0.1) is 17.7 Å². The molecule has 0 heterocycles. The Hall–Kier alpha value is -1.86. The van der Waals surface area contributed by atoms with E-state index in [0.29, 0.717) is 17.7 Å². The molecule has 0 saturated carbocycles. The van der Waals surface area contributed by atoms with Crippen molar-refractivity contribution in [1.29, 1.82) is 5.26 Å². The summed E-state index contributed by atoms with van der Waals surface area (Å²) in [6, 6.07) is 6.68. The minimum absolute atomic E-state index is 0.222. The number of amides is 1. The van der Waals surface area contributed by atoms with Gasteiger partial charge in [0, 0.05) is 5.69 Å². The van der Waals surface area contributed by atoms with Gasteiger partial charge in [-0.2, -0.15) is 5.26 Å². The first-order valence-electron chi connectivity index (χ1n) is 5.15. The molecule has 1 aromatic rings. The van der Waals surface area contributed by atoms with Crippen LogP contribution in [0.3, 0.4) is 0 Å². The number of hydrogen-bond donors (Lipinski definition) is 2. The molecule has 1 amide bonds. The molecule has 0 aliphatic rings. The van der Waals surface area contributed by atoms with Gasteiger partial charge in [0.1, 0.15) is 0 Å². The zero-order chi connectivity index (χ0) is 12.1. The van der Waals surface area contributed by atoms with Gasteiger partial charge >= 0.3 is 0 Å². The second-order valence-corrected chi connectivity index (χ2v) is 3.65. The Morgan fingerprint density at radius 2 is 2.31 bits per heavy atom. The highest BCUT2D eigenvalue weighted by Crippen LogP contribution is 2.16. The lowest BCUT2D eigenvalue weighted by atomic mass is 10.1. The molecule has 0 radical (unpaired) electrons. The Labute approximate surface area is 95.1 Å². The molecule has 0 saturated heterocycles. The maximum atomic E-state index is 11.6. The topological polar surface area (TPSA) is 78.9 Å². The second kappa shape index (κ2) is 5.29. The fraction of sp³-hybridized carbons (Fsp3) is 0.333. The van der Waals surface area contributed by atoms with Gasteiger partial charge in [-0.25, -0.2) is 0 Å². The number of benzene rings is 1. The van der Waals surface area contributed by atoms with Gasteiger partial charge in [-0.05, 0) is 31.0 Å². The lowest BCUT2D eigenvalue weighted by Gasteiger charge is -2.12. The number of carbonyl (C=O) groups excluding carboxylic acids is 1. The van der Waals surface area contributed by atoms with Crippen LogP contribution in [0.2, 0.25) is 0 Å². The molecule has 1 rings (SSSR count). The third kappa shape index (κ3) is 2.81. The molecule has 4 nitrogen and oxygen atoms in total. The Bertz CT molecular complexity index is 434. The summed E-state index contributed by atoms with van der Waals surface area (Å²) in [5.41, 5.74) is 7.69. The number of nitrogens with zero attached hydrogens (tertiary/aromatic N) is 1. The van der Waals surface area contributed by atoms with E-state index in [1.807, 2.05) is 19.9 Å². The Morgan fingerprint density at radius 1 is 1.62 bits per heavy atom. The fourth-order valence-corrected chi connectivity index (χ4v) is 1.24. The van der Waals surface area contributed by atoms with Crippen LogP contribution in [0.15, 0.2) is 18.2 Å². The molecule has 0 bridgehead atoms. The molecule has 0 unspecified atom stereocenters. The van der Waals surface area contributed by atoms with E-state index in [2.05, 4.69) is 5.32 Å². The van der Waals surface area contributed by atoms with Gasteiger partial charge in [0.2, 0.25) is 5.91 Å². The maximum Gasteiger partial charge on any atom is 0.241 e. The van der Waals surface area contributed by atoms with Gasteiger partial charge in [0.15, 0.2) is 0 Å². The number of nitrogens with two attached hydrogens (primary N) is 1. The van der Waals surface area contributed by atoms with Crippen LogP contribution in [0.25, 0.3) is 0 Å².